The van der Waals surface area contributed by atoms with E-state index in [2.05, 4.69) is 14.9 Å². The molecule has 0 unspecified atom stereocenters. The van der Waals surface area contributed by atoms with Crippen LogP contribution in [0.15, 0.2) is 35.9 Å². The largest absolute Gasteiger partial charge is 0.376 e. The molecule has 1 aliphatic rings. The van der Waals surface area contributed by atoms with Crippen LogP contribution in [0, 0.1) is 0 Å². The van der Waals surface area contributed by atoms with Crippen molar-refractivity contribution in [3.8, 4) is 0 Å². The van der Waals surface area contributed by atoms with E-state index in [9.17, 15) is 8.42 Å². The molecule has 25 heavy (non-hydrogen) atoms. The monoisotopic (exact) mass is 364 g/mol. The average Bonchev–Trinajstić information content (AvgIpc) is 3.19. The van der Waals surface area contributed by atoms with Crippen LogP contribution in [0.1, 0.15) is 24.1 Å². The molecule has 0 radical (unpaired) electrons. The van der Waals surface area contributed by atoms with Gasteiger partial charge in [-0.05, 0) is 31.5 Å². The van der Waals surface area contributed by atoms with Gasteiger partial charge in [-0.25, -0.2) is 13.4 Å². The molecule has 0 N–H and O–H groups in total. The molecular formula is C17H24N4O3S. The molecule has 1 atom stereocenters. The first kappa shape index (κ1) is 18.0. The van der Waals surface area contributed by atoms with E-state index in [0.717, 1.165) is 37.3 Å². The average molecular weight is 364 g/mol. The van der Waals surface area contributed by atoms with Crippen molar-refractivity contribution in [1.29, 1.82) is 0 Å². The molecule has 3 heterocycles. The first-order valence-corrected chi connectivity index (χ1v) is 10.3. The van der Waals surface area contributed by atoms with Gasteiger partial charge >= 0.3 is 0 Å². The maximum Gasteiger partial charge on any atom is 0.227 e. The molecule has 0 amide bonds. The molecule has 8 heteroatoms. The van der Waals surface area contributed by atoms with Crippen molar-refractivity contribution in [3.05, 3.63) is 42.0 Å². The fourth-order valence-corrected chi connectivity index (χ4v) is 3.97. The summed E-state index contributed by atoms with van der Waals surface area (Å²) in [4.78, 5) is 10.4. The Morgan fingerprint density at radius 3 is 2.84 bits per heavy atom. The predicted octanol–water partition coefficient (Wildman–Crippen LogP) is 1.49. The molecule has 0 aliphatic carbocycles. The van der Waals surface area contributed by atoms with Gasteiger partial charge in [-0.15, -0.1) is 0 Å². The Labute approximate surface area is 148 Å². The van der Waals surface area contributed by atoms with Gasteiger partial charge in [0.05, 0.1) is 24.5 Å². The second-order valence-corrected chi connectivity index (χ2v) is 8.49. The third kappa shape index (κ3) is 4.65. The van der Waals surface area contributed by atoms with Crippen molar-refractivity contribution in [2.45, 2.75) is 43.7 Å². The minimum absolute atomic E-state index is 0.0529. The Balaban J connectivity index is 1.78. The number of imidazole rings is 1. The summed E-state index contributed by atoms with van der Waals surface area (Å²) in [6.07, 6.45) is 8.46. The topological polar surface area (TPSA) is 77.3 Å². The van der Waals surface area contributed by atoms with E-state index in [0.29, 0.717) is 13.1 Å². The van der Waals surface area contributed by atoms with Crippen LogP contribution < -0.4 is 0 Å². The normalized spacial score (nSPS) is 18.1. The fourth-order valence-electron chi connectivity index (χ4n) is 3.14. The van der Waals surface area contributed by atoms with Crippen LogP contribution >= 0.6 is 0 Å². The van der Waals surface area contributed by atoms with E-state index in [4.69, 9.17) is 4.74 Å². The van der Waals surface area contributed by atoms with Crippen LogP contribution in [-0.2, 0) is 34.2 Å². The highest BCUT2D eigenvalue weighted by Gasteiger charge is 2.24. The lowest BCUT2D eigenvalue weighted by Crippen LogP contribution is -2.24. The molecule has 136 valence electrons. The van der Waals surface area contributed by atoms with E-state index in [1.165, 1.54) is 6.26 Å². The number of sulfone groups is 1. The SMILES string of the molecule is CN(Cc1cccnc1)Cc1cnc(S(C)(=O)=O)n1C[C@H]1CCCO1. The molecule has 1 aliphatic heterocycles. The van der Waals surface area contributed by atoms with Gasteiger partial charge in [-0.1, -0.05) is 6.07 Å². The summed E-state index contributed by atoms with van der Waals surface area (Å²) >= 11 is 0. The zero-order valence-electron chi connectivity index (χ0n) is 14.6. The molecule has 3 rings (SSSR count). The zero-order chi connectivity index (χ0) is 17.9. The third-order valence-corrected chi connectivity index (χ3v) is 5.24. The van der Waals surface area contributed by atoms with Gasteiger partial charge in [0.15, 0.2) is 0 Å². The van der Waals surface area contributed by atoms with E-state index in [-0.39, 0.29) is 11.3 Å². The highest BCUT2D eigenvalue weighted by molar-refractivity contribution is 7.90. The van der Waals surface area contributed by atoms with E-state index in [1.807, 2.05) is 25.4 Å². The molecule has 2 aromatic rings. The number of hydrogen-bond acceptors (Lipinski definition) is 6. The molecule has 1 fully saturated rings. The maximum atomic E-state index is 12.1. The van der Waals surface area contributed by atoms with Crippen molar-refractivity contribution in [3.63, 3.8) is 0 Å². The summed E-state index contributed by atoms with van der Waals surface area (Å²) in [5.41, 5.74) is 1.99. The van der Waals surface area contributed by atoms with E-state index < -0.39 is 9.84 Å². The minimum Gasteiger partial charge on any atom is -0.376 e. The number of hydrogen-bond donors (Lipinski definition) is 0. The van der Waals surface area contributed by atoms with Crippen LogP contribution in [0.25, 0.3) is 0 Å². The van der Waals surface area contributed by atoms with Gasteiger partial charge in [0, 0.05) is 38.3 Å². The number of rotatable bonds is 7. The van der Waals surface area contributed by atoms with Crippen molar-refractivity contribution in [2.24, 2.45) is 0 Å². The summed E-state index contributed by atoms with van der Waals surface area (Å²) in [6, 6.07) is 3.93. The molecule has 7 nitrogen and oxygen atoms in total. The van der Waals surface area contributed by atoms with Crippen molar-refractivity contribution < 1.29 is 13.2 Å². The Morgan fingerprint density at radius 1 is 1.36 bits per heavy atom. The van der Waals surface area contributed by atoms with Crippen LogP contribution in [0.4, 0.5) is 0 Å². The number of aromatic nitrogens is 3. The van der Waals surface area contributed by atoms with Gasteiger partial charge in [0.25, 0.3) is 0 Å². The second-order valence-electron chi connectivity index (χ2n) is 6.58. The van der Waals surface area contributed by atoms with Gasteiger partial charge < -0.3 is 9.30 Å². The Hall–Kier alpha value is -1.77. The number of nitrogens with zero attached hydrogens (tertiary/aromatic N) is 4. The van der Waals surface area contributed by atoms with Crippen LogP contribution in [-0.4, -0.2) is 53.9 Å². The maximum absolute atomic E-state index is 12.1. The first-order valence-electron chi connectivity index (χ1n) is 8.37. The summed E-state index contributed by atoms with van der Waals surface area (Å²) in [5, 5.41) is 0.118. The Kier molecular flexibility index (Phi) is 5.51. The lowest BCUT2D eigenvalue weighted by molar-refractivity contribution is 0.0934. The van der Waals surface area contributed by atoms with E-state index in [1.54, 1.807) is 17.0 Å². The molecule has 0 bridgehead atoms. The molecule has 0 spiro atoms. The number of pyridine rings is 1. The number of ether oxygens (including phenoxy) is 1. The van der Waals surface area contributed by atoms with Crippen molar-refractivity contribution in [2.75, 3.05) is 19.9 Å². The quantitative estimate of drug-likeness (QED) is 0.741. The molecular weight excluding hydrogens is 340 g/mol. The lowest BCUT2D eigenvalue weighted by atomic mass is 10.2. The van der Waals surface area contributed by atoms with Gasteiger partial charge in [-0.3, -0.25) is 9.88 Å². The van der Waals surface area contributed by atoms with E-state index >= 15 is 0 Å². The van der Waals surface area contributed by atoms with Crippen LogP contribution in [0.3, 0.4) is 0 Å². The Morgan fingerprint density at radius 2 is 2.20 bits per heavy atom. The standard InChI is InChI=1S/C17H24N4O3S/c1-20(11-14-5-3-7-18-9-14)12-15-10-19-17(25(2,22)23)21(15)13-16-6-4-8-24-16/h3,5,7,9-10,16H,4,6,8,11-13H2,1-2H3/t16-/m1/s1. The second kappa shape index (κ2) is 7.63. The van der Waals surface area contributed by atoms with Gasteiger partial charge in [-0.2, -0.15) is 0 Å². The fraction of sp³-hybridized carbons (Fsp3) is 0.529. The van der Waals surface area contributed by atoms with Crippen molar-refractivity contribution >= 4 is 9.84 Å². The summed E-state index contributed by atoms with van der Waals surface area (Å²) in [6.45, 7) is 2.60. The smallest absolute Gasteiger partial charge is 0.227 e. The third-order valence-electron chi connectivity index (χ3n) is 4.25. The molecule has 2 aromatic heterocycles. The first-order chi connectivity index (χ1) is 11.9. The molecule has 0 saturated carbocycles. The molecule has 1 saturated heterocycles. The highest BCUT2D eigenvalue weighted by Crippen LogP contribution is 2.20. The summed E-state index contributed by atoms with van der Waals surface area (Å²) in [7, 11) is -1.38. The van der Waals surface area contributed by atoms with Crippen LogP contribution in [0.5, 0.6) is 0 Å². The van der Waals surface area contributed by atoms with Gasteiger partial charge in [0.1, 0.15) is 0 Å². The predicted molar refractivity (Wildman–Crippen MR) is 93.7 cm³/mol. The van der Waals surface area contributed by atoms with Crippen LogP contribution in [0.2, 0.25) is 0 Å². The minimum atomic E-state index is -3.38. The summed E-state index contributed by atoms with van der Waals surface area (Å²) in [5.74, 6) is 0. The van der Waals surface area contributed by atoms with Crippen molar-refractivity contribution in [1.82, 2.24) is 19.4 Å². The highest BCUT2D eigenvalue weighted by atomic mass is 32.2. The van der Waals surface area contributed by atoms with Gasteiger partial charge in [0.2, 0.25) is 15.0 Å². The summed E-state index contributed by atoms with van der Waals surface area (Å²) < 4.78 is 31.6. The Bertz CT molecular complexity index is 799. The molecule has 0 aromatic carbocycles. The lowest BCUT2D eigenvalue weighted by Gasteiger charge is -2.20. The zero-order valence-corrected chi connectivity index (χ0v) is 15.4.